The highest BCUT2D eigenvalue weighted by molar-refractivity contribution is 7.93. The van der Waals surface area contributed by atoms with Crippen molar-refractivity contribution < 1.29 is 34.8 Å². The Hall–Kier alpha value is -3.38. The van der Waals surface area contributed by atoms with Gasteiger partial charge in [0.25, 0.3) is 10.0 Å². The Balaban J connectivity index is 1.96. The van der Waals surface area contributed by atoms with Gasteiger partial charge in [0.1, 0.15) is 6.54 Å². The number of halogens is 3. The number of sulfonamides is 1. The highest BCUT2D eigenvalue weighted by atomic mass is 32.2. The van der Waals surface area contributed by atoms with Gasteiger partial charge < -0.3 is 5.32 Å². The van der Waals surface area contributed by atoms with Gasteiger partial charge >= 0.3 is 6.18 Å². The molecule has 0 aliphatic carbocycles. The third kappa shape index (κ3) is 6.93. The molecule has 1 N–H and O–H groups in total. The van der Waals surface area contributed by atoms with E-state index in [1.54, 1.807) is 38.1 Å². The van der Waals surface area contributed by atoms with Crippen LogP contribution in [-0.4, -0.2) is 35.5 Å². The van der Waals surface area contributed by atoms with Crippen LogP contribution in [-0.2, 0) is 30.8 Å². The van der Waals surface area contributed by atoms with Gasteiger partial charge in [-0.2, -0.15) is 13.2 Å². The summed E-state index contributed by atoms with van der Waals surface area (Å²) in [5, 5.41) is 2.70. The number of nitrogens with one attached hydrogen (secondary N) is 1. The van der Waals surface area contributed by atoms with Gasteiger partial charge in [-0.1, -0.05) is 42.8 Å². The van der Waals surface area contributed by atoms with Gasteiger partial charge in [0.15, 0.2) is 9.84 Å². The summed E-state index contributed by atoms with van der Waals surface area (Å²) < 4.78 is 91.3. The van der Waals surface area contributed by atoms with E-state index in [-0.39, 0.29) is 15.5 Å². The summed E-state index contributed by atoms with van der Waals surface area (Å²) in [4.78, 5) is 13.0. The molecule has 3 aromatic carbocycles. The summed E-state index contributed by atoms with van der Waals surface area (Å²) in [6.45, 7) is 2.74. The van der Waals surface area contributed by atoms with E-state index in [0.717, 1.165) is 24.0 Å². The predicted molar refractivity (Wildman–Crippen MR) is 138 cm³/mol. The first-order valence-electron chi connectivity index (χ1n) is 11.5. The van der Waals surface area contributed by atoms with Crippen LogP contribution in [0.3, 0.4) is 0 Å². The molecule has 3 rings (SSSR count). The lowest BCUT2D eigenvalue weighted by atomic mass is 10.0. The first-order chi connectivity index (χ1) is 17.6. The van der Waals surface area contributed by atoms with Crippen molar-refractivity contribution in [2.45, 2.75) is 42.3 Å². The number of carbonyl (C=O) groups is 1. The largest absolute Gasteiger partial charge is 0.416 e. The fourth-order valence-corrected chi connectivity index (χ4v) is 5.77. The van der Waals surface area contributed by atoms with E-state index in [0.29, 0.717) is 22.4 Å². The molecule has 0 aliphatic rings. The van der Waals surface area contributed by atoms with E-state index in [1.807, 2.05) is 0 Å². The Bertz CT molecular complexity index is 1500. The lowest BCUT2D eigenvalue weighted by Gasteiger charge is -2.26. The number of nitrogens with zero attached hydrogens (tertiary/aromatic N) is 1. The molecule has 38 heavy (non-hydrogen) atoms. The maximum atomic E-state index is 13.5. The van der Waals surface area contributed by atoms with E-state index < -0.39 is 50.1 Å². The Kier molecular flexibility index (Phi) is 8.57. The number of benzene rings is 3. The molecule has 1 amide bonds. The second-order valence-electron chi connectivity index (χ2n) is 8.74. The number of alkyl halides is 3. The minimum absolute atomic E-state index is 0.0994. The normalized spacial score (nSPS) is 13.1. The Morgan fingerprint density at radius 3 is 2.03 bits per heavy atom. The summed E-state index contributed by atoms with van der Waals surface area (Å²) in [6, 6.07) is 14.8. The van der Waals surface area contributed by atoms with Gasteiger partial charge in [-0.3, -0.25) is 9.10 Å². The number of carbonyl (C=O) groups excluding carboxylic acids is 1. The number of hydrogen-bond acceptors (Lipinski definition) is 5. The average Bonchev–Trinajstić information content (AvgIpc) is 2.85. The first kappa shape index (κ1) is 29.2. The number of sulfone groups is 1. The van der Waals surface area contributed by atoms with Gasteiger partial charge in [0, 0.05) is 6.26 Å². The van der Waals surface area contributed by atoms with Crippen molar-refractivity contribution in [3.8, 4) is 0 Å². The molecule has 0 spiro atoms. The zero-order valence-corrected chi connectivity index (χ0v) is 22.5. The molecule has 0 aromatic heterocycles. The van der Waals surface area contributed by atoms with Crippen molar-refractivity contribution in [3.05, 3.63) is 89.5 Å². The number of rotatable bonds is 9. The molecule has 7 nitrogen and oxygen atoms in total. The third-order valence-corrected chi connectivity index (χ3v) is 8.73. The molecular formula is C26H27F3N2O5S2. The van der Waals surface area contributed by atoms with E-state index in [2.05, 4.69) is 5.32 Å². The van der Waals surface area contributed by atoms with Crippen molar-refractivity contribution >= 4 is 31.5 Å². The maximum Gasteiger partial charge on any atom is 0.416 e. The van der Waals surface area contributed by atoms with Crippen LogP contribution >= 0.6 is 0 Å². The van der Waals surface area contributed by atoms with Gasteiger partial charge in [-0.05, 0) is 61.4 Å². The van der Waals surface area contributed by atoms with Gasteiger partial charge in [0.2, 0.25) is 5.91 Å². The molecule has 1 atom stereocenters. The molecule has 12 heteroatoms. The first-order valence-corrected chi connectivity index (χ1v) is 14.8. The van der Waals surface area contributed by atoms with Crippen LogP contribution in [0.2, 0.25) is 0 Å². The van der Waals surface area contributed by atoms with Crippen LogP contribution in [0.1, 0.15) is 36.1 Å². The Morgan fingerprint density at radius 2 is 1.50 bits per heavy atom. The zero-order valence-electron chi connectivity index (χ0n) is 20.9. The topological polar surface area (TPSA) is 101 Å². The lowest BCUT2D eigenvalue weighted by molar-refractivity contribution is -0.137. The molecule has 0 fully saturated rings. The molecule has 0 heterocycles. The molecule has 0 saturated carbocycles. The molecule has 204 valence electrons. The number of hydrogen-bond donors (Lipinski definition) is 1. The standard InChI is InChI=1S/C26H27F3N2O5S2/c1-4-24(19-10-14-22(15-11-19)37(3,33)34)30-25(32)17-31(21-7-5-6-20(16-21)26(27,28)29)38(35,36)23-12-8-18(2)9-13-23/h5-16,24H,4,17H2,1-3H3,(H,30,32). The lowest BCUT2D eigenvalue weighted by Crippen LogP contribution is -2.42. The minimum atomic E-state index is -4.72. The van der Waals surface area contributed by atoms with Gasteiger partial charge in [-0.25, -0.2) is 16.8 Å². The van der Waals surface area contributed by atoms with Crippen LogP contribution in [0, 0.1) is 6.92 Å². The van der Waals surface area contributed by atoms with Crippen LogP contribution in [0.25, 0.3) is 0 Å². The third-order valence-electron chi connectivity index (χ3n) is 5.81. The minimum Gasteiger partial charge on any atom is -0.348 e. The molecular weight excluding hydrogens is 541 g/mol. The Morgan fingerprint density at radius 1 is 0.921 bits per heavy atom. The summed E-state index contributed by atoms with van der Waals surface area (Å²) in [5.41, 5.74) is -0.0155. The molecule has 1 unspecified atom stereocenters. The SMILES string of the molecule is CCC(NC(=O)CN(c1cccc(C(F)(F)F)c1)S(=O)(=O)c1ccc(C)cc1)c1ccc(S(C)(=O)=O)cc1. The summed E-state index contributed by atoms with van der Waals surface area (Å²) in [6.07, 6.45) is -3.26. The summed E-state index contributed by atoms with van der Waals surface area (Å²) in [5.74, 6) is -0.753. The fourth-order valence-electron chi connectivity index (χ4n) is 3.73. The molecule has 0 radical (unpaired) electrons. The van der Waals surface area contributed by atoms with Gasteiger partial charge in [-0.15, -0.1) is 0 Å². The summed E-state index contributed by atoms with van der Waals surface area (Å²) in [7, 11) is -7.84. The van der Waals surface area contributed by atoms with Crippen molar-refractivity contribution in [3.63, 3.8) is 0 Å². The van der Waals surface area contributed by atoms with Crippen LogP contribution in [0.15, 0.2) is 82.6 Å². The zero-order chi connectivity index (χ0) is 28.3. The smallest absolute Gasteiger partial charge is 0.348 e. The molecule has 0 aliphatic heterocycles. The average molecular weight is 569 g/mol. The van der Waals surface area contributed by atoms with E-state index in [9.17, 15) is 34.8 Å². The van der Waals surface area contributed by atoms with Crippen LogP contribution in [0.4, 0.5) is 18.9 Å². The van der Waals surface area contributed by atoms with E-state index in [1.165, 1.54) is 30.3 Å². The maximum absolute atomic E-state index is 13.5. The highest BCUT2D eigenvalue weighted by Gasteiger charge is 2.33. The molecule has 0 bridgehead atoms. The van der Waals surface area contributed by atoms with Crippen LogP contribution < -0.4 is 9.62 Å². The quantitative estimate of drug-likeness (QED) is 0.397. The summed E-state index contributed by atoms with van der Waals surface area (Å²) >= 11 is 0. The van der Waals surface area contributed by atoms with Crippen molar-refractivity contribution in [1.29, 1.82) is 0 Å². The molecule has 3 aromatic rings. The van der Waals surface area contributed by atoms with Crippen molar-refractivity contribution in [2.24, 2.45) is 0 Å². The van der Waals surface area contributed by atoms with E-state index >= 15 is 0 Å². The number of aryl methyl sites for hydroxylation is 1. The molecule has 0 saturated heterocycles. The number of anilines is 1. The predicted octanol–water partition coefficient (Wildman–Crippen LogP) is 4.88. The number of amides is 1. The van der Waals surface area contributed by atoms with Crippen molar-refractivity contribution in [1.82, 2.24) is 5.32 Å². The Labute approximate surface area is 220 Å². The second kappa shape index (κ2) is 11.2. The van der Waals surface area contributed by atoms with Crippen molar-refractivity contribution in [2.75, 3.05) is 17.1 Å². The second-order valence-corrected chi connectivity index (χ2v) is 12.6. The van der Waals surface area contributed by atoms with E-state index in [4.69, 9.17) is 0 Å². The van der Waals surface area contributed by atoms with Crippen LogP contribution in [0.5, 0.6) is 0 Å². The highest BCUT2D eigenvalue weighted by Crippen LogP contribution is 2.33. The van der Waals surface area contributed by atoms with Gasteiger partial charge in [0.05, 0.1) is 27.1 Å². The monoisotopic (exact) mass is 568 g/mol. The fraction of sp³-hybridized carbons (Fsp3) is 0.269.